The smallest absolute Gasteiger partial charge is 0.255 e. The number of nitrogens with zero attached hydrogens (tertiary/aromatic N) is 2. The fourth-order valence-electron chi connectivity index (χ4n) is 2.64. The number of para-hydroxylation sites is 2. The lowest BCUT2D eigenvalue weighted by Gasteiger charge is -2.07. The Hall–Kier alpha value is -3.47. The molecule has 0 fully saturated rings. The molecule has 0 aliphatic heterocycles. The highest BCUT2D eigenvalue weighted by atomic mass is 16.5. The Morgan fingerprint density at radius 3 is 2.16 bits per heavy atom. The Bertz CT molecular complexity index is 1080. The first-order chi connectivity index (χ1) is 12.2. The summed E-state index contributed by atoms with van der Waals surface area (Å²) in [6.45, 7) is 0. The van der Waals surface area contributed by atoms with Crippen molar-refractivity contribution in [1.29, 1.82) is 0 Å². The van der Waals surface area contributed by atoms with Gasteiger partial charge in [-0.25, -0.2) is 9.97 Å². The molecule has 0 aliphatic carbocycles. The number of anilines is 1. The van der Waals surface area contributed by atoms with E-state index >= 15 is 0 Å². The first-order valence-corrected chi connectivity index (χ1v) is 7.85. The van der Waals surface area contributed by atoms with E-state index < -0.39 is 0 Å². The van der Waals surface area contributed by atoms with Crippen molar-refractivity contribution >= 4 is 33.7 Å². The highest BCUT2D eigenvalue weighted by molar-refractivity contribution is 6.05. The molecule has 122 valence electrons. The van der Waals surface area contributed by atoms with Gasteiger partial charge in [0.25, 0.3) is 5.91 Å². The molecule has 1 amide bonds. The van der Waals surface area contributed by atoms with E-state index in [9.17, 15) is 4.79 Å². The number of rotatable bonds is 3. The number of carbonyl (C=O) groups excluding carboxylic acids is 1. The molecule has 1 aromatic heterocycles. The molecule has 4 rings (SSSR count). The van der Waals surface area contributed by atoms with Crippen molar-refractivity contribution < 1.29 is 9.53 Å². The Balaban J connectivity index is 1.64. The van der Waals surface area contributed by atoms with Crippen molar-refractivity contribution in [2.45, 2.75) is 0 Å². The van der Waals surface area contributed by atoms with Gasteiger partial charge in [-0.15, -0.1) is 0 Å². The number of fused-ring (bicyclic) bond motifs is 2. The molecule has 0 bridgehead atoms. The number of aromatic nitrogens is 2. The summed E-state index contributed by atoms with van der Waals surface area (Å²) in [6, 6.07) is 20.2. The number of ether oxygens (including phenoxy) is 1. The van der Waals surface area contributed by atoms with Gasteiger partial charge in [-0.05, 0) is 54.6 Å². The predicted octanol–water partition coefficient (Wildman–Crippen LogP) is 4.04. The first-order valence-electron chi connectivity index (χ1n) is 7.85. The first kappa shape index (κ1) is 15.1. The van der Waals surface area contributed by atoms with Gasteiger partial charge >= 0.3 is 0 Å². The number of amides is 1. The van der Waals surface area contributed by atoms with Gasteiger partial charge in [0.2, 0.25) is 0 Å². The van der Waals surface area contributed by atoms with Crippen LogP contribution in [0, 0.1) is 0 Å². The minimum Gasteiger partial charge on any atom is -0.497 e. The van der Waals surface area contributed by atoms with E-state index in [1.807, 2.05) is 42.5 Å². The number of benzene rings is 3. The fourth-order valence-corrected chi connectivity index (χ4v) is 2.64. The second-order valence-corrected chi connectivity index (χ2v) is 5.60. The molecule has 5 heteroatoms. The molecule has 1 N–H and O–H groups in total. The molecule has 0 spiro atoms. The lowest BCUT2D eigenvalue weighted by Crippen LogP contribution is -2.11. The van der Waals surface area contributed by atoms with Crippen LogP contribution in [-0.2, 0) is 0 Å². The van der Waals surface area contributed by atoms with Crippen LogP contribution in [0.4, 0.5) is 5.69 Å². The van der Waals surface area contributed by atoms with Gasteiger partial charge in [-0.1, -0.05) is 12.1 Å². The third kappa shape index (κ3) is 2.99. The third-order valence-electron chi connectivity index (χ3n) is 3.95. The molecule has 0 saturated carbocycles. The lowest BCUT2D eigenvalue weighted by molar-refractivity contribution is 0.102. The quantitative estimate of drug-likeness (QED) is 0.576. The molecule has 25 heavy (non-hydrogen) atoms. The Kier molecular flexibility index (Phi) is 3.74. The molecule has 1 heterocycles. The van der Waals surface area contributed by atoms with Crippen molar-refractivity contribution in [3.8, 4) is 5.75 Å². The molecular weight excluding hydrogens is 314 g/mol. The Morgan fingerprint density at radius 2 is 1.48 bits per heavy atom. The summed E-state index contributed by atoms with van der Waals surface area (Å²) < 4.78 is 5.10. The van der Waals surface area contributed by atoms with Gasteiger partial charge in [-0.2, -0.15) is 0 Å². The minimum absolute atomic E-state index is 0.184. The average Bonchev–Trinajstić information content (AvgIpc) is 2.66. The summed E-state index contributed by atoms with van der Waals surface area (Å²) in [5.41, 5.74) is 4.45. The topological polar surface area (TPSA) is 64.1 Å². The molecule has 5 nitrogen and oxygen atoms in total. The van der Waals surface area contributed by atoms with Crippen LogP contribution in [0.5, 0.6) is 5.75 Å². The van der Waals surface area contributed by atoms with E-state index in [0.29, 0.717) is 17.0 Å². The largest absolute Gasteiger partial charge is 0.497 e. The van der Waals surface area contributed by atoms with Crippen LogP contribution in [0.25, 0.3) is 22.1 Å². The summed E-state index contributed by atoms with van der Waals surface area (Å²) in [5.74, 6) is 0.528. The fraction of sp³-hybridized carbons (Fsp3) is 0.0500. The van der Waals surface area contributed by atoms with Crippen molar-refractivity contribution in [3.05, 3.63) is 72.3 Å². The van der Waals surface area contributed by atoms with Gasteiger partial charge in [0.05, 0.1) is 29.2 Å². The molecule has 0 saturated heterocycles. The molecule has 0 aliphatic rings. The standard InChI is InChI=1S/C20H15N3O2/c1-25-15-9-6-13(7-10-15)20(24)21-14-8-11-18-19(12-14)23-17-5-3-2-4-16(17)22-18/h2-12H,1H3,(H,21,24). The van der Waals surface area contributed by atoms with E-state index in [-0.39, 0.29) is 5.91 Å². The summed E-state index contributed by atoms with van der Waals surface area (Å²) >= 11 is 0. The van der Waals surface area contributed by atoms with Crippen LogP contribution < -0.4 is 10.1 Å². The number of hydrogen-bond donors (Lipinski definition) is 1. The van der Waals surface area contributed by atoms with Gasteiger partial charge < -0.3 is 10.1 Å². The van der Waals surface area contributed by atoms with E-state index in [1.165, 1.54) is 0 Å². The van der Waals surface area contributed by atoms with Gasteiger partial charge in [0.15, 0.2) is 0 Å². The van der Waals surface area contributed by atoms with Crippen LogP contribution >= 0.6 is 0 Å². The van der Waals surface area contributed by atoms with E-state index in [1.54, 1.807) is 31.4 Å². The average molecular weight is 329 g/mol. The summed E-state index contributed by atoms with van der Waals surface area (Å²) in [4.78, 5) is 21.6. The number of carbonyl (C=O) groups is 1. The zero-order valence-electron chi connectivity index (χ0n) is 13.6. The van der Waals surface area contributed by atoms with Crippen LogP contribution in [-0.4, -0.2) is 23.0 Å². The third-order valence-corrected chi connectivity index (χ3v) is 3.95. The van der Waals surface area contributed by atoms with Crippen LogP contribution in [0.2, 0.25) is 0 Å². The van der Waals surface area contributed by atoms with E-state index in [4.69, 9.17) is 4.74 Å². The van der Waals surface area contributed by atoms with Gasteiger partial charge in [0, 0.05) is 11.3 Å². The molecule has 0 unspecified atom stereocenters. The molecule has 4 aromatic rings. The summed E-state index contributed by atoms with van der Waals surface area (Å²) in [6.07, 6.45) is 0. The van der Waals surface area contributed by atoms with Crippen LogP contribution in [0.3, 0.4) is 0 Å². The van der Waals surface area contributed by atoms with Gasteiger partial charge in [0.1, 0.15) is 5.75 Å². The second kappa shape index (κ2) is 6.20. The Morgan fingerprint density at radius 1 is 0.840 bits per heavy atom. The van der Waals surface area contributed by atoms with Crippen molar-refractivity contribution in [2.75, 3.05) is 12.4 Å². The predicted molar refractivity (Wildman–Crippen MR) is 98.0 cm³/mol. The summed E-state index contributed by atoms with van der Waals surface area (Å²) in [5, 5.41) is 2.89. The summed E-state index contributed by atoms with van der Waals surface area (Å²) in [7, 11) is 1.59. The van der Waals surface area contributed by atoms with Crippen molar-refractivity contribution in [2.24, 2.45) is 0 Å². The van der Waals surface area contributed by atoms with Gasteiger partial charge in [-0.3, -0.25) is 4.79 Å². The SMILES string of the molecule is COc1ccc(C(=O)Nc2ccc3nc4ccccc4nc3c2)cc1. The lowest BCUT2D eigenvalue weighted by atomic mass is 10.2. The maximum atomic E-state index is 12.4. The minimum atomic E-state index is -0.184. The number of nitrogens with one attached hydrogen (secondary N) is 1. The monoisotopic (exact) mass is 329 g/mol. The number of hydrogen-bond acceptors (Lipinski definition) is 4. The maximum Gasteiger partial charge on any atom is 0.255 e. The highest BCUT2D eigenvalue weighted by Crippen LogP contribution is 2.20. The highest BCUT2D eigenvalue weighted by Gasteiger charge is 2.08. The zero-order valence-corrected chi connectivity index (χ0v) is 13.6. The number of methoxy groups -OCH3 is 1. The van der Waals surface area contributed by atoms with Crippen molar-refractivity contribution in [3.63, 3.8) is 0 Å². The molecule has 3 aromatic carbocycles. The molecular formula is C20H15N3O2. The maximum absolute atomic E-state index is 12.4. The van der Waals surface area contributed by atoms with Crippen molar-refractivity contribution in [1.82, 2.24) is 9.97 Å². The zero-order chi connectivity index (χ0) is 17.2. The second-order valence-electron chi connectivity index (χ2n) is 5.60. The normalized spacial score (nSPS) is 10.8. The van der Waals surface area contributed by atoms with E-state index in [2.05, 4.69) is 15.3 Å². The van der Waals surface area contributed by atoms with Crippen LogP contribution in [0.15, 0.2) is 66.7 Å². The van der Waals surface area contributed by atoms with E-state index in [0.717, 1.165) is 22.1 Å². The Labute approximate surface area is 144 Å². The van der Waals surface area contributed by atoms with Crippen LogP contribution in [0.1, 0.15) is 10.4 Å². The molecule has 0 radical (unpaired) electrons. The molecule has 0 atom stereocenters.